The zero-order valence-electron chi connectivity index (χ0n) is 15.2. The van der Waals surface area contributed by atoms with Crippen molar-refractivity contribution in [1.82, 2.24) is 10.3 Å². The largest absolute Gasteiger partial charge is 0.493 e. The molecule has 2 aromatic carbocycles. The second-order valence-electron chi connectivity index (χ2n) is 5.63. The standard InChI is InChI=1S/C19H19N3O4S/c1-4-17(23)22-19(27)20-12-6-8-14-13(10-12)21-18(26-14)11-5-7-15(24-2)16(9-11)25-3/h5-10H,4H2,1-3H3,(H2,20,22,23,27). The number of rotatable bonds is 5. The van der Waals surface area contributed by atoms with Gasteiger partial charge in [-0.2, -0.15) is 0 Å². The lowest BCUT2D eigenvalue weighted by atomic mass is 10.2. The maximum Gasteiger partial charge on any atom is 0.227 e. The van der Waals surface area contributed by atoms with E-state index in [2.05, 4.69) is 15.6 Å². The number of methoxy groups -OCH3 is 2. The first-order valence-electron chi connectivity index (χ1n) is 8.28. The molecule has 3 rings (SSSR count). The van der Waals surface area contributed by atoms with Gasteiger partial charge in [0.2, 0.25) is 11.8 Å². The normalized spacial score (nSPS) is 10.5. The van der Waals surface area contributed by atoms with Crippen LogP contribution in [0, 0.1) is 0 Å². The summed E-state index contributed by atoms with van der Waals surface area (Å²) in [5.74, 6) is 1.54. The molecule has 1 amide bonds. The molecule has 2 N–H and O–H groups in total. The Morgan fingerprint density at radius 3 is 2.63 bits per heavy atom. The topological polar surface area (TPSA) is 85.6 Å². The summed E-state index contributed by atoms with van der Waals surface area (Å²) >= 11 is 5.12. The van der Waals surface area contributed by atoms with Crippen LogP contribution in [-0.2, 0) is 4.79 Å². The van der Waals surface area contributed by atoms with Gasteiger partial charge in [-0.25, -0.2) is 4.98 Å². The molecule has 0 spiro atoms. The van der Waals surface area contributed by atoms with Gasteiger partial charge in [0.15, 0.2) is 22.2 Å². The van der Waals surface area contributed by atoms with Crippen LogP contribution in [0.1, 0.15) is 13.3 Å². The van der Waals surface area contributed by atoms with E-state index in [0.29, 0.717) is 40.6 Å². The fourth-order valence-electron chi connectivity index (χ4n) is 2.48. The molecular formula is C19H19N3O4S. The van der Waals surface area contributed by atoms with Crippen molar-refractivity contribution in [3.05, 3.63) is 36.4 Å². The molecule has 0 fully saturated rings. The SMILES string of the molecule is CCC(=O)NC(=S)Nc1ccc2oc(-c3ccc(OC)c(OC)c3)nc2c1. The smallest absolute Gasteiger partial charge is 0.227 e. The van der Waals surface area contributed by atoms with Crippen molar-refractivity contribution in [2.45, 2.75) is 13.3 Å². The Morgan fingerprint density at radius 2 is 1.93 bits per heavy atom. The van der Waals surface area contributed by atoms with Gasteiger partial charge in [0.1, 0.15) is 5.52 Å². The molecule has 0 atom stereocenters. The van der Waals surface area contributed by atoms with Crippen LogP contribution in [0.3, 0.4) is 0 Å². The summed E-state index contributed by atoms with van der Waals surface area (Å²) in [4.78, 5) is 15.9. The molecule has 0 saturated carbocycles. The van der Waals surface area contributed by atoms with Crippen molar-refractivity contribution in [2.24, 2.45) is 0 Å². The average molecular weight is 385 g/mol. The molecule has 0 saturated heterocycles. The van der Waals surface area contributed by atoms with Crippen LogP contribution in [0.4, 0.5) is 5.69 Å². The fourth-order valence-corrected chi connectivity index (χ4v) is 2.71. The summed E-state index contributed by atoms with van der Waals surface area (Å²) in [7, 11) is 3.16. The minimum Gasteiger partial charge on any atom is -0.493 e. The molecule has 0 bridgehead atoms. The van der Waals surface area contributed by atoms with E-state index in [1.54, 1.807) is 51.5 Å². The van der Waals surface area contributed by atoms with Gasteiger partial charge < -0.3 is 24.5 Å². The van der Waals surface area contributed by atoms with Crippen LogP contribution in [0.5, 0.6) is 11.5 Å². The van der Waals surface area contributed by atoms with E-state index < -0.39 is 0 Å². The zero-order valence-corrected chi connectivity index (χ0v) is 16.0. The molecule has 1 heterocycles. The van der Waals surface area contributed by atoms with Crippen LogP contribution >= 0.6 is 12.2 Å². The fraction of sp³-hybridized carbons (Fsp3) is 0.211. The third-order valence-corrected chi connectivity index (χ3v) is 4.05. The Kier molecular flexibility index (Phi) is 5.56. The monoisotopic (exact) mass is 385 g/mol. The molecule has 0 aliphatic carbocycles. The number of ether oxygens (including phenoxy) is 2. The first-order valence-corrected chi connectivity index (χ1v) is 8.68. The van der Waals surface area contributed by atoms with Crippen LogP contribution in [0.25, 0.3) is 22.6 Å². The minimum atomic E-state index is -0.147. The van der Waals surface area contributed by atoms with Crippen molar-refractivity contribution in [3.8, 4) is 23.0 Å². The van der Waals surface area contributed by atoms with Crippen LogP contribution in [-0.4, -0.2) is 30.2 Å². The van der Waals surface area contributed by atoms with Gasteiger partial charge in [0.05, 0.1) is 14.2 Å². The van der Waals surface area contributed by atoms with E-state index in [1.807, 2.05) is 6.07 Å². The Morgan fingerprint density at radius 1 is 1.15 bits per heavy atom. The number of nitrogens with one attached hydrogen (secondary N) is 2. The highest BCUT2D eigenvalue weighted by atomic mass is 32.1. The maximum absolute atomic E-state index is 11.4. The van der Waals surface area contributed by atoms with Crippen molar-refractivity contribution in [3.63, 3.8) is 0 Å². The van der Waals surface area contributed by atoms with Crippen molar-refractivity contribution < 1.29 is 18.7 Å². The minimum absolute atomic E-state index is 0.147. The van der Waals surface area contributed by atoms with Crippen molar-refractivity contribution >= 4 is 40.0 Å². The lowest BCUT2D eigenvalue weighted by molar-refractivity contribution is -0.119. The van der Waals surface area contributed by atoms with E-state index in [1.165, 1.54) is 0 Å². The van der Waals surface area contributed by atoms with Crippen LogP contribution in [0.15, 0.2) is 40.8 Å². The predicted molar refractivity (Wildman–Crippen MR) is 107 cm³/mol. The van der Waals surface area contributed by atoms with Crippen LogP contribution < -0.4 is 20.1 Å². The van der Waals surface area contributed by atoms with Gasteiger partial charge in [-0.3, -0.25) is 4.79 Å². The van der Waals surface area contributed by atoms with Gasteiger partial charge in [-0.1, -0.05) is 6.92 Å². The molecule has 140 valence electrons. The summed E-state index contributed by atoms with van der Waals surface area (Å²) in [5, 5.41) is 5.80. The summed E-state index contributed by atoms with van der Waals surface area (Å²) in [5.41, 5.74) is 2.77. The van der Waals surface area contributed by atoms with E-state index >= 15 is 0 Å². The number of benzene rings is 2. The molecule has 1 aromatic heterocycles. The lowest BCUT2D eigenvalue weighted by Crippen LogP contribution is -2.33. The number of hydrogen-bond donors (Lipinski definition) is 2. The first kappa shape index (κ1) is 18.7. The second kappa shape index (κ2) is 8.05. The number of hydrogen-bond acceptors (Lipinski definition) is 6. The number of nitrogens with zero attached hydrogens (tertiary/aromatic N) is 1. The highest BCUT2D eigenvalue weighted by molar-refractivity contribution is 7.80. The van der Waals surface area contributed by atoms with E-state index in [-0.39, 0.29) is 11.0 Å². The average Bonchev–Trinajstić information content (AvgIpc) is 3.10. The number of fused-ring (bicyclic) bond motifs is 1. The molecule has 3 aromatic rings. The predicted octanol–water partition coefficient (Wildman–Crippen LogP) is 3.74. The second-order valence-corrected chi connectivity index (χ2v) is 6.04. The Hall–Kier alpha value is -3.13. The quantitative estimate of drug-likeness (QED) is 0.647. The number of amides is 1. The molecule has 27 heavy (non-hydrogen) atoms. The van der Waals surface area contributed by atoms with E-state index in [9.17, 15) is 4.79 Å². The number of carbonyl (C=O) groups is 1. The number of oxazole rings is 1. The van der Waals surface area contributed by atoms with Crippen molar-refractivity contribution in [1.29, 1.82) is 0 Å². The van der Waals surface area contributed by atoms with Gasteiger partial charge in [0, 0.05) is 17.7 Å². The summed E-state index contributed by atoms with van der Waals surface area (Å²) in [6.07, 6.45) is 0.360. The number of thiocarbonyl (C=S) groups is 1. The molecular weight excluding hydrogens is 366 g/mol. The van der Waals surface area contributed by atoms with Crippen molar-refractivity contribution in [2.75, 3.05) is 19.5 Å². The van der Waals surface area contributed by atoms with Gasteiger partial charge in [0.25, 0.3) is 0 Å². The molecule has 0 aliphatic heterocycles. The van der Waals surface area contributed by atoms with Crippen LogP contribution in [0.2, 0.25) is 0 Å². The Balaban J connectivity index is 1.86. The number of carbonyl (C=O) groups excluding carboxylic acids is 1. The van der Waals surface area contributed by atoms with Gasteiger partial charge >= 0.3 is 0 Å². The third-order valence-electron chi connectivity index (χ3n) is 3.85. The highest BCUT2D eigenvalue weighted by Crippen LogP contribution is 2.33. The lowest BCUT2D eigenvalue weighted by Gasteiger charge is -2.08. The summed E-state index contributed by atoms with van der Waals surface area (Å²) in [6, 6.07) is 10.8. The zero-order chi connectivity index (χ0) is 19.4. The molecule has 7 nitrogen and oxygen atoms in total. The summed E-state index contributed by atoms with van der Waals surface area (Å²) in [6.45, 7) is 1.76. The van der Waals surface area contributed by atoms with Gasteiger partial charge in [-0.05, 0) is 48.6 Å². The molecule has 8 heteroatoms. The molecule has 0 unspecified atom stereocenters. The maximum atomic E-state index is 11.4. The molecule has 0 aliphatic rings. The summed E-state index contributed by atoms with van der Waals surface area (Å²) < 4.78 is 16.4. The van der Waals surface area contributed by atoms with E-state index in [4.69, 9.17) is 26.1 Å². The highest BCUT2D eigenvalue weighted by Gasteiger charge is 2.13. The Labute approximate surface area is 161 Å². The van der Waals surface area contributed by atoms with E-state index in [0.717, 1.165) is 5.56 Å². The number of anilines is 1. The Bertz CT molecular complexity index is 1000. The molecule has 0 radical (unpaired) electrons. The first-order chi connectivity index (χ1) is 13.0. The third kappa shape index (κ3) is 4.17. The number of aromatic nitrogens is 1. The van der Waals surface area contributed by atoms with Gasteiger partial charge in [-0.15, -0.1) is 0 Å².